The van der Waals surface area contributed by atoms with Crippen molar-refractivity contribution in [3.05, 3.63) is 41.7 Å². The smallest absolute Gasteiger partial charge is 0.276 e. The Bertz CT molecular complexity index is 991. The third-order valence-corrected chi connectivity index (χ3v) is 6.83. The van der Waals surface area contributed by atoms with Crippen molar-refractivity contribution in [2.75, 3.05) is 31.1 Å². The molecule has 0 aromatic carbocycles. The number of H-pyrrole nitrogens is 1. The molecule has 1 aliphatic heterocycles. The van der Waals surface area contributed by atoms with Crippen LogP contribution in [0.1, 0.15) is 5.69 Å². The summed E-state index contributed by atoms with van der Waals surface area (Å²) >= 11 is 1.55. The number of pyridine rings is 1. The van der Waals surface area contributed by atoms with Crippen molar-refractivity contribution < 1.29 is 8.42 Å². The van der Waals surface area contributed by atoms with Crippen LogP contribution in [0.4, 0.5) is 5.13 Å². The lowest BCUT2D eigenvalue weighted by atomic mass is 10.3. The van der Waals surface area contributed by atoms with Gasteiger partial charge in [0.2, 0.25) is 5.16 Å². The minimum absolute atomic E-state index is 0.00939. The molecule has 3 aromatic heterocycles. The van der Waals surface area contributed by atoms with Crippen molar-refractivity contribution in [2.24, 2.45) is 0 Å². The predicted molar refractivity (Wildman–Crippen MR) is 99.6 cm³/mol. The first kappa shape index (κ1) is 17.1. The number of aryl methyl sites for hydroxylation is 1. The first-order valence-corrected chi connectivity index (χ1v) is 10.5. The van der Waals surface area contributed by atoms with Crippen LogP contribution in [0.3, 0.4) is 0 Å². The molecule has 8 nitrogen and oxygen atoms in total. The van der Waals surface area contributed by atoms with Crippen LogP contribution >= 0.6 is 11.3 Å². The van der Waals surface area contributed by atoms with Crippen molar-refractivity contribution in [3.63, 3.8) is 0 Å². The van der Waals surface area contributed by atoms with E-state index < -0.39 is 10.0 Å². The Morgan fingerprint density at radius 3 is 2.58 bits per heavy atom. The van der Waals surface area contributed by atoms with Crippen molar-refractivity contribution in [3.8, 4) is 11.4 Å². The maximum absolute atomic E-state index is 12.6. The van der Waals surface area contributed by atoms with E-state index in [9.17, 15) is 8.42 Å². The van der Waals surface area contributed by atoms with Crippen LogP contribution in [-0.2, 0) is 10.0 Å². The number of aromatic amines is 1. The lowest BCUT2D eigenvalue weighted by molar-refractivity contribution is 0.382. The molecule has 1 fully saturated rings. The fourth-order valence-electron chi connectivity index (χ4n) is 2.80. The van der Waals surface area contributed by atoms with Gasteiger partial charge in [-0.2, -0.15) is 4.31 Å². The molecule has 136 valence electrons. The molecule has 1 aliphatic rings. The van der Waals surface area contributed by atoms with Gasteiger partial charge in [-0.3, -0.25) is 4.98 Å². The van der Waals surface area contributed by atoms with E-state index >= 15 is 0 Å². The normalized spacial score (nSPS) is 16.1. The SMILES string of the molecule is Cc1cnc(S(=O)(=O)N2CCN(c3nc(-c4ccccn4)cs3)CC2)[nH]1. The van der Waals surface area contributed by atoms with E-state index in [-0.39, 0.29) is 5.16 Å². The molecule has 0 radical (unpaired) electrons. The van der Waals surface area contributed by atoms with Gasteiger partial charge in [0, 0.05) is 49.6 Å². The Kier molecular flexibility index (Phi) is 4.47. The predicted octanol–water partition coefficient (Wildman–Crippen LogP) is 1.75. The number of hydrogen-bond acceptors (Lipinski definition) is 7. The summed E-state index contributed by atoms with van der Waals surface area (Å²) in [5.74, 6) is 0. The molecule has 4 heterocycles. The molecule has 26 heavy (non-hydrogen) atoms. The Morgan fingerprint density at radius 2 is 1.92 bits per heavy atom. The van der Waals surface area contributed by atoms with Crippen molar-refractivity contribution in [1.29, 1.82) is 0 Å². The monoisotopic (exact) mass is 390 g/mol. The van der Waals surface area contributed by atoms with Gasteiger partial charge in [-0.1, -0.05) is 6.07 Å². The zero-order chi connectivity index (χ0) is 18.1. The summed E-state index contributed by atoms with van der Waals surface area (Å²) in [6.45, 7) is 3.77. The van der Waals surface area contributed by atoms with Gasteiger partial charge in [0.1, 0.15) is 5.69 Å². The van der Waals surface area contributed by atoms with Crippen LogP contribution in [0.2, 0.25) is 0 Å². The number of thiazole rings is 1. The molecular formula is C16H18N6O2S2. The minimum Gasteiger partial charge on any atom is -0.345 e. The highest BCUT2D eigenvalue weighted by Crippen LogP contribution is 2.27. The highest BCUT2D eigenvalue weighted by atomic mass is 32.2. The van der Waals surface area contributed by atoms with Gasteiger partial charge in [0.15, 0.2) is 5.13 Å². The summed E-state index contributed by atoms with van der Waals surface area (Å²) in [5.41, 5.74) is 2.41. The molecule has 1 N–H and O–H groups in total. The Morgan fingerprint density at radius 1 is 1.12 bits per heavy atom. The summed E-state index contributed by atoms with van der Waals surface area (Å²) in [7, 11) is -3.57. The molecule has 3 aromatic rings. The van der Waals surface area contributed by atoms with Crippen molar-refractivity contribution in [2.45, 2.75) is 12.1 Å². The van der Waals surface area contributed by atoms with Crippen LogP contribution in [0.5, 0.6) is 0 Å². The Balaban J connectivity index is 1.45. The van der Waals surface area contributed by atoms with Crippen LogP contribution in [0.25, 0.3) is 11.4 Å². The lowest BCUT2D eigenvalue weighted by Gasteiger charge is -2.33. The number of sulfonamides is 1. The Labute approximate surface area is 155 Å². The number of aromatic nitrogens is 4. The number of nitrogens with zero attached hydrogens (tertiary/aromatic N) is 5. The van der Waals surface area contributed by atoms with Gasteiger partial charge in [-0.15, -0.1) is 11.3 Å². The van der Waals surface area contributed by atoms with Crippen molar-refractivity contribution >= 4 is 26.5 Å². The fourth-order valence-corrected chi connectivity index (χ4v) is 5.04. The zero-order valence-electron chi connectivity index (χ0n) is 14.2. The van der Waals surface area contributed by atoms with Gasteiger partial charge in [-0.25, -0.2) is 18.4 Å². The van der Waals surface area contributed by atoms with E-state index in [0.29, 0.717) is 26.2 Å². The molecule has 0 atom stereocenters. The lowest BCUT2D eigenvalue weighted by Crippen LogP contribution is -2.48. The van der Waals surface area contributed by atoms with E-state index in [1.807, 2.05) is 23.6 Å². The second-order valence-electron chi connectivity index (χ2n) is 5.99. The maximum Gasteiger partial charge on any atom is 0.276 e. The molecule has 0 amide bonds. The van der Waals surface area contributed by atoms with E-state index in [4.69, 9.17) is 0 Å². The van der Waals surface area contributed by atoms with Gasteiger partial charge in [0.05, 0.1) is 5.69 Å². The maximum atomic E-state index is 12.6. The summed E-state index contributed by atoms with van der Waals surface area (Å²) < 4.78 is 26.7. The quantitative estimate of drug-likeness (QED) is 0.729. The molecule has 0 bridgehead atoms. The average Bonchev–Trinajstić information content (AvgIpc) is 3.32. The summed E-state index contributed by atoms with van der Waals surface area (Å²) in [6, 6.07) is 5.73. The second-order valence-corrected chi connectivity index (χ2v) is 8.68. The molecule has 4 rings (SSSR count). The first-order valence-electron chi connectivity index (χ1n) is 8.18. The third-order valence-electron chi connectivity index (χ3n) is 4.19. The number of anilines is 1. The van der Waals surface area contributed by atoms with E-state index in [1.54, 1.807) is 24.5 Å². The summed E-state index contributed by atoms with van der Waals surface area (Å²) in [5, 5.41) is 2.87. The highest BCUT2D eigenvalue weighted by Gasteiger charge is 2.31. The van der Waals surface area contributed by atoms with Crippen LogP contribution in [0, 0.1) is 6.92 Å². The van der Waals surface area contributed by atoms with E-state index in [2.05, 4.69) is 24.8 Å². The van der Waals surface area contributed by atoms with Gasteiger partial charge < -0.3 is 9.88 Å². The second kappa shape index (κ2) is 6.78. The minimum atomic E-state index is -3.57. The molecular weight excluding hydrogens is 372 g/mol. The van der Waals surface area contributed by atoms with Crippen LogP contribution in [0.15, 0.2) is 41.1 Å². The van der Waals surface area contributed by atoms with Gasteiger partial charge in [0.25, 0.3) is 10.0 Å². The topological polar surface area (TPSA) is 95.1 Å². The number of nitrogens with one attached hydrogen (secondary N) is 1. The average molecular weight is 390 g/mol. The number of hydrogen-bond donors (Lipinski definition) is 1. The number of rotatable bonds is 4. The molecule has 1 saturated heterocycles. The highest BCUT2D eigenvalue weighted by molar-refractivity contribution is 7.89. The van der Waals surface area contributed by atoms with E-state index in [1.165, 1.54) is 10.5 Å². The van der Waals surface area contributed by atoms with Gasteiger partial charge >= 0.3 is 0 Å². The first-order chi connectivity index (χ1) is 12.5. The molecule has 0 saturated carbocycles. The summed E-state index contributed by atoms with van der Waals surface area (Å²) in [6.07, 6.45) is 3.27. The Hall–Kier alpha value is -2.30. The zero-order valence-corrected chi connectivity index (χ0v) is 15.8. The molecule has 0 spiro atoms. The van der Waals surface area contributed by atoms with Crippen LogP contribution < -0.4 is 4.90 Å². The van der Waals surface area contributed by atoms with Crippen molar-refractivity contribution in [1.82, 2.24) is 24.2 Å². The molecule has 0 unspecified atom stereocenters. The fraction of sp³-hybridized carbons (Fsp3) is 0.312. The third kappa shape index (κ3) is 3.22. The molecule has 0 aliphatic carbocycles. The largest absolute Gasteiger partial charge is 0.345 e. The van der Waals surface area contributed by atoms with Gasteiger partial charge in [-0.05, 0) is 19.1 Å². The van der Waals surface area contributed by atoms with E-state index in [0.717, 1.165) is 22.2 Å². The number of imidazole rings is 1. The van der Waals surface area contributed by atoms with Crippen LogP contribution in [-0.4, -0.2) is 58.8 Å². The number of piperazine rings is 1. The molecule has 10 heteroatoms. The summed E-state index contributed by atoms with van der Waals surface area (Å²) in [4.78, 5) is 17.8. The standard InChI is InChI=1S/C16H18N6O2S2/c1-12-10-18-15(19-12)26(23,24)22-8-6-21(7-9-22)16-20-14(11-25-16)13-4-2-3-5-17-13/h2-5,10-11H,6-9H2,1H3,(H,18,19).